The Bertz CT molecular complexity index is 847. The average Bonchev–Trinajstić information content (AvgIpc) is 3.36. The molecule has 7 heteroatoms. The number of ketones is 2. The number of hydrogen-bond donors (Lipinski definition) is 1. The number of carbonyl (C=O) groups is 3. The van der Waals surface area contributed by atoms with Crippen molar-refractivity contribution < 1.29 is 24.0 Å². The first-order valence-electron chi connectivity index (χ1n) is 9.55. The van der Waals surface area contributed by atoms with Crippen molar-refractivity contribution in [3.05, 3.63) is 58.3 Å². The van der Waals surface area contributed by atoms with Crippen LogP contribution >= 0.6 is 11.3 Å². The molecule has 0 aliphatic carbocycles. The minimum Gasteiger partial charge on any atom is -0.370 e. The number of benzene rings is 1. The summed E-state index contributed by atoms with van der Waals surface area (Å²) in [6, 6.07) is 12.4. The van der Waals surface area contributed by atoms with Gasteiger partial charge in [-0.3, -0.25) is 14.4 Å². The number of rotatable bonds is 6. The number of ether oxygens (including phenoxy) is 1. The van der Waals surface area contributed by atoms with Gasteiger partial charge >= 0.3 is 0 Å². The van der Waals surface area contributed by atoms with E-state index in [1.807, 2.05) is 35.7 Å². The second-order valence-electron chi connectivity index (χ2n) is 7.15. The summed E-state index contributed by atoms with van der Waals surface area (Å²) >= 11 is 1.31. The van der Waals surface area contributed by atoms with E-state index in [0.717, 1.165) is 25.2 Å². The predicted molar refractivity (Wildman–Crippen MR) is 104 cm³/mol. The van der Waals surface area contributed by atoms with Crippen molar-refractivity contribution in [1.29, 1.82) is 0 Å². The molecule has 2 unspecified atom stereocenters. The smallest absolute Gasteiger partial charge is 0.291 e. The lowest BCUT2D eigenvalue weighted by atomic mass is 9.88. The van der Waals surface area contributed by atoms with Crippen molar-refractivity contribution in [2.45, 2.75) is 6.04 Å². The van der Waals surface area contributed by atoms with Gasteiger partial charge in [0.25, 0.3) is 5.91 Å². The van der Waals surface area contributed by atoms with E-state index in [4.69, 9.17) is 4.74 Å². The Morgan fingerprint density at radius 2 is 1.86 bits per heavy atom. The minimum atomic E-state index is -0.978. The minimum absolute atomic E-state index is 0.261. The van der Waals surface area contributed by atoms with E-state index >= 15 is 0 Å². The predicted octanol–water partition coefficient (Wildman–Crippen LogP) is 0.615. The average molecular weight is 399 g/mol. The Labute approximate surface area is 167 Å². The van der Waals surface area contributed by atoms with Crippen molar-refractivity contribution in [1.82, 2.24) is 4.90 Å². The van der Waals surface area contributed by atoms with Gasteiger partial charge in [0.2, 0.25) is 5.78 Å². The van der Waals surface area contributed by atoms with E-state index < -0.39 is 23.7 Å². The van der Waals surface area contributed by atoms with Crippen LogP contribution in [0, 0.1) is 5.92 Å². The van der Waals surface area contributed by atoms with Gasteiger partial charge in [0, 0.05) is 0 Å². The van der Waals surface area contributed by atoms with Crippen LogP contribution in [0.15, 0.2) is 47.8 Å². The highest BCUT2D eigenvalue weighted by molar-refractivity contribution is 7.12. The molecule has 2 aliphatic rings. The van der Waals surface area contributed by atoms with Gasteiger partial charge in [0.1, 0.15) is 19.0 Å². The normalized spacial score (nSPS) is 23.4. The molecule has 2 atom stereocenters. The summed E-state index contributed by atoms with van der Waals surface area (Å²) in [6.45, 7) is 4.40. The Kier molecular flexibility index (Phi) is 5.66. The summed E-state index contributed by atoms with van der Waals surface area (Å²) in [6.07, 6.45) is 0. The number of nitrogens with one attached hydrogen (secondary N) is 1. The van der Waals surface area contributed by atoms with Gasteiger partial charge in [-0.2, -0.15) is 0 Å². The van der Waals surface area contributed by atoms with Gasteiger partial charge < -0.3 is 14.5 Å². The largest absolute Gasteiger partial charge is 0.370 e. The van der Waals surface area contributed by atoms with Crippen LogP contribution in [0.1, 0.15) is 21.3 Å². The molecule has 3 heterocycles. The van der Waals surface area contributed by atoms with E-state index in [0.29, 0.717) is 24.6 Å². The van der Waals surface area contributed by atoms with Crippen LogP contribution in [0.25, 0.3) is 0 Å². The van der Waals surface area contributed by atoms with Crippen molar-refractivity contribution in [3.8, 4) is 0 Å². The SMILES string of the molecule is O=C1C(=O)N(CC[NH+]2CCOCC2)C(c2ccccc2)C1C(=O)c1cccs1. The Balaban J connectivity index is 1.63. The van der Waals surface area contributed by atoms with E-state index in [1.54, 1.807) is 17.0 Å². The van der Waals surface area contributed by atoms with Gasteiger partial charge in [-0.15, -0.1) is 11.3 Å². The van der Waals surface area contributed by atoms with Gasteiger partial charge in [-0.1, -0.05) is 36.4 Å². The Hall–Kier alpha value is -2.35. The van der Waals surface area contributed by atoms with Crippen molar-refractivity contribution in [2.75, 3.05) is 39.4 Å². The maximum absolute atomic E-state index is 13.1. The fraction of sp³-hybridized carbons (Fsp3) is 0.381. The molecule has 1 aromatic heterocycles. The number of Topliss-reactive ketones (excluding diaryl/α,β-unsaturated/α-hetero) is 2. The van der Waals surface area contributed by atoms with Crippen LogP contribution in [-0.2, 0) is 14.3 Å². The summed E-state index contributed by atoms with van der Waals surface area (Å²) in [7, 11) is 0. The van der Waals surface area contributed by atoms with Crippen molar-refractivity contribution in [2.24, 2.45) is 5.92 Å². The number of nitrogens with zero attached hydrogens (tertiary/aromatic N) is 1. The van der Waals surface area contributed by atoms with Gasteiger partial charge in [-0.25, -0.2) is 0 Å². The number of morpholine rings is 1. The van der Waals surface area contributed by atoms with E-state index in [2.05, 4.69) is 0 Å². The molecule has 4 rings (SSSR count). The molecule has 1 amide bonds. The summed E-state index contributed by atoms with van der Waals surface area (Å²) < 4.78 is 5.39. The Morgan fingerprint density at radius 3 is 2.54 bits per heavy atom. The summed E-state index contributed by atoms with van der Waals surface area (Å²) in [5, 5.41) is 1.81. The topological polar surface area (TPSA) is 68.1 Å². The highest BCUT2D eigenvalue weighted by Crippen LogP contribution is 2.38. The lowest BCUT2D eigenvalue weighted by Crippen LogP contribution is -3.14. The molecule has 0 bridgehead atoms. The zero-order valence-corrected chi connectivity index (χ0v) is 16.3. The molecule has 6 nitrogen and oxygen atoms in total. The van der Waals surface area contributed by atoms with Gasteiger partial charge in [0.15, 0.2) is 5.78 Å². The maximum atomic E-state index is 13.1. The zero-order valence-electron chi connectivity index (χ0n) is 15.5. The van der Waals surface area contributed by atoms with Gasteiger partial charge in [-0.05, 0) is 17.0 Å². The van der Waals surface area contributed by atoms with Gasteiger partial charge in [0.05, 0.1) is 37.2 Å². The third-order valence-corrected chi connectivity index (χ3v) is 6.38. The fourth-order valence-electron chi connectivity index (χ4n) is 4.01. The molecule has 146 valence electrons. The highest BCUT2D eigenvalue weighted by atomic mass is 32.1. The zero-order chi connectivity index (χ0) is 19.5. The number of hydrogen-bond acceptors (Lipinski definition) is 5. The number of carbonyl (C=O) groups excluding carboxylic acids is 3. The van der Waals surface area contributed by atoms with E-state index in [9.17, 15) is 14.4 Å². The molecule has 0 spiro atoms. The molecule has 28 heavy (non-hydrogen) atoms. The molecular formula is C21H23N2O4S+. The van der Waals surface area contributed by atoms with Crippen molar-refractivity contribution >= 4 is 28.8 Å². The first-order valence-corrected chi connectivity index (χ1v) is 10.4. The van der Waals surface area contributed by atoms with Crippen molar-refractivity contribution in [3.63, 3.8) is 0 Å². The van der Waals surface area contributed by atoms with Crippen LogP contribution in [0.4, 0.5) is 0 Å². The second kappa shape index (κ2) is 8.34. The first kappa shape index (κ1) is 19.0. The maximum Gasteiger partial charge on any atom is 0.291 e. The quantitative estimate of drug-likeness (QED) is 0.439. The van der Waals surface area contributed by atoms with Crippen LogP contribution < -0.4 is 4.90 Å². The third kappa shape index (κ3) is 3.65. The molecular weight excluding hydrogens is 376 g/mol. The molecule has 2 fully saturated rings. The molecule has 0 saturated carbocycles. The lowest BCUT2D eigenvalue weighted by Gasteiger charge is -2.30. The molecule has 2 aliphatic heterocycles. The molecule has 0 radical (unpaired) electrons. The summed E-state index contributed by atoms with van der Waals surface area (Å²) in [5.74, 6) is -2.38. The second-order valence-corrected chi connectivity index (χ2v) is 8.10. The fourth-order valence-corrected chi connectivity index (χ4v) is 4.71. The van der Waals surface area contributed by atoms with Crippen LogP contribution in [0.5, 0.6) is 0 Å². The monoisotopic (exact) mass is 399 g/mol. The number of likely N-dealkylation sites (tertiary alicyclic amines) is 1. The van der Waals surface area contributed by atoms with E-state index in [-0.39, 0.29) is 5.78 Å². The summed E-state index contributed by atoms with van der Waals surface area (Å²) in [4.78, 5) is 42.3. The standard InChI is InChI=1S/C21H22N2O4S/c24-19(16-7-4-14-28-16)17-18(15-5-2-1-3-6-15)23(21(26)20(17)25)9-8-22-10-12-27-13-11-22/h1-7,14,17-18H,8-13H2/p+1. The number of amides is 1. The molecule has 2 aromatic rings. The summed E-state index contributed by atoms with van der Waals surface area (Å²) in [5.41, 5.74) is 0.827. The first-order chi connectivity index (χ1) is 13.7. The highest BCUT2D eigenvalue weighted by Gasteiger charge is 2.51. The van der Waals surface area contributed by atoms with Crippen LogP contribution in [0.3, 0.4) is 0 Å². The third-order valence-electron chi connectivity index (χ3n) is 5.50. The molecule has 2 saturated heterocycles. The van der Waals surface area contributed by atoms with Crippen LogP contribution in [0.2, 0.25) is 0 Å². The number of quaternary nitrogens is 1. The van der Waals surface area contributed by atoms with E-state index in [1.165, 1.54) is 16.2 Å². The molecule has 1 aromatic carbocycles. The molecule has 1 N–H and O–H groups in total. The lowest BCUT2D eigenvalue weighted by molar-refractivity contribution is -0.907. The van der Waals surface area contributed by atoms with Crippen LogP contribution in [-0.4, -0.2) is 61.8 Å². The Morgan fingerprint density at radius 1 is 1.11 bits per heavy atom. The number of thiophene rings is 1.